The average Bonchev–Trinajstić information content (AvgIpc) is 2.69. The molecule has 5 nitrogen and oxygen atoms in total. The summed E-state index contributed by atoms with van der Waals surface area (Å²) in [4.78, 5) is 15.8. The number of carboxylic acid groups (broad SMARTS) is 1. The Hall–Kier alpha value is -2.37. The number of imidazole rings is 1. The van der Waals surface area contributed by atoms with Crippen LogP contribution in [-0.2, 0) is 0 Å². The molecule has 0 atom stereocenters. The molecule has 0 spiro atoms. The van der Waals surface area contributed by atoms with Crippen molar-refractivity contribution in [1.29, 1.82) is 0 Å². The zero-order valence-corrected chi connectivity index (χ0v) is 12.5. The number of nitrogens with zero attached hydrogens (tertiary/aromatic N) is 3. The Morgan fingerprint density at radius 1 is 1.33 bits per heavy atom. The monoisotopic (exact) mass is 291 g/mol. The maximum absolute atomic E-state index is 13.8. The zero-order valence-electron chi connectivity index (χ0n) is 12.5. The molecule has 0 fully saturated rings. The minimum absolute atomic E-state index is 0.346. The normalized spacial score (nSPS) is 11.5. The van der Waals surface area contributed by atoms with Crippen LogP contribution in [0, 0.1) is 12.7 Å². The van der Waals surface area contributed by atoms with Crippen LogP contribution >= 0.6 is 0 Å². The van der Waals surface area contributed by atoms with Crippen LogP contribution in [0.1, 0.15) is 26.6 Å². The fraction of sp³-hybridized carbons (Fsp3) is 0.333. The first-order valence-corrected chi connectivity index (χ1v) is 6.56. The number of hydrogen-bond acceptors (Lipinski definition) is 2. The molecule has 2 rings (SSSR count). The van der Waals surface area contributed by atoms with E-state index in [0.29, 0.717) is 17.1 Å². The van der Waals surface area contributed by atoms with Gasteiger partial charge in [-0.3, -0.25) is 0 Å². The summed E-state index contributed by atoms with van der Waals surface area (Å²) >= 11 is 0. The summed E-state index contributed by atoms with van der Waals surface area (Å²) in [6, 6.07) is 6.28. The van der Waals surface area contributed by atoms with Crippen molar-refractivity contribution < 1.29 is 14.3 Å². The summed E-state index contributed by atoms with van der Waals surface area (Å²) in [5.41, 5.74) is 0.101. The van der Waals surface area contributed by atoms with Gasteiger partial charge in [0.2, 0.25) is 0 Å². The van der Waals surface area contributed by atoms with E-state index >= 15 is 0 Å². The second-order valence-electron chi connectivity index (χ2n) is 5.76. The Bertz CT molecular complexity index is 674. The highest BCUT2D eigenvalue weighted by Gasteiger charge is 2.29. The van der Waals surface area contributed by atoms with Gasteiger partial charge >= 0.3 is 6.09 Å². The Balaban J connectivity index is 2.54. The SMILES string of the molecule is Cc1nc(-c2ccccc2F)cn1N(C(=O)O)C(C)(C)C. The van der Waals surface area contributed by atoms with Gasteiger partial charge in [-0.15, -0.1) is 0 Å². The van der Waals surface area contributed by atoms with Crippen LogP contribution in [0.5, 0.6) is 0 Å². The van der Waals surface area contributed by atoms with Crippen molar-refractivity contribution in [2.75, 3.05) is 5.01 Å². The molecular weight excluding hydrogens is 273 g/mol. The van der Waals surface area contributed by atoms with E-state index in [9.17, 15) is 14.3 Å². The number of aromatic nitrogens is 2. The zero-order chi connectivity index (χ0) is 15.8. The lowest BCUT2D eigenvalue weighted by Crippen LogP contribution is -2.52. The van der Waals surface area contributed by atoms with E-state index in [-0.39, 0.29) is 5.82 Å². The fourth-order valence-electron chi connectivity index (χ4n) is 2.17. The number of halogens is 1. The van der Waals surface area contributed by atoms with Crippen molar-refractivity contribution in [3.05, 3.63) is 42.1 Å². The molecule has 1 amide bonds. The summed E-state index contributed by atoms with van der Waals surface area (Å²) in [5, 5.41) is 10.6. The van der Waals surface area contributed by atoms with Gasteiger partial charge in [0, 0.05) is 5.56 Å². The number of carbonyl (C=O) groups is 1. The van der Waals surface area contributed by atoms with E-state index in [0.717, 1.165) is 0 Å². The van der Waals surface area contributed by atoms with E-state index in [2.05, 4.69) is 4.98 Å². The third kappa shape index (κ3) is 2.89. The number of benzene rings is 1. The molecule has 1 aromatic carbocycles. The summed E-state index contributed by atoms with van der Waals surface area (Å²) in [6.07, 6.45) is 0.440. The maximum Gasteiger partial charge on any atom is 0.427 e. The van der Waals surface area contributed by atoms with Gasteiger partial charge in [-0.05, 0) is 39.8 Å². The minimum atomic E-state index is -1.09. The summed E-state index contributed by atoms with van der Waals surface area (Å²) in [5.74, 6) is 0.0883. The second kappa shape index (κ2) is 5.20. The molecule has 0 bridgehead atoms. The smallest absolute Gasteiger partial charge is 0.427 e. The van der Waals surface area contributed by atoms with Gasteiger partial charge < -0.3 is 5.11 Å². The predicted molar refractivity (Wildman–Crippen MR) is 78.4 cm³/mol. The molecule has 2 aromatic rings. The van der Waals surface area contributed by atoms with Crippen molar-refractivity contribution in [2.24, 2.45) is 0 Å². The Kier molecular flexibility index (Phi) is 3.72. The number of hydrogen-bond donors (Lipinski definition) is 1. The molecule has 0 saturated carbocycles. The van der Waals surface area contributed by atoms with Crippen LogP contribution in [0.25, 0.3) is 11.3 Å². The molecule has 0 aliphatic heterocycles. The molecule has 1 aromatic heterocycles. The standard InChI is InChI=1S/C15H18FN3O2/c1-10-17-13(11-7-5-6-8-12(11)16)9-18(10)19(14(20)21)15(2,3)4/h5-9H,1-4H3,(H,20,21). The molecular formula is C15H18FN3O2. The first kappa shape index (κ1) is 15.0. The van der Waals surface area contributed by atoms with Crippen molar-refractivity contribution in [1.82, 2.24) is 9.66 Å². The molecule has 0 aliphatic rings. The van der Waals surface area contributed by atoms with Gasteiger partial charge in [-0.2, -0.15) is 0 Å². The minimum Gasteiger partial charge on any atom is -0.464 e. The third-order valence-corrected chi connectivity index (χ3v) is 3.04. The highest BCUT2D eigenvalue weighted by Crippen LogP contribution is 2.23. The van der Waals surface area contributed by atoms with E-state index in [4.69, 9.17) is 0 Å². The largest absolute Gasteiger partial charge is 0.464 e. The Morgan fingerprint density at radius 2 is 1.95 bits per heavy atom. The lowest BCUT2D eigenvalue weighted by molar-refractivity contribution is 0.184. The average molecular weight is 291 g/mol. The molecule has 1 heterocycles. The number of rotatable bonds is 2. The lowest BCUT2D eigenvalue weighted by Gasteiger charge is -2.33. The highest BCUT2D eigenvalue weighted by atomic mass is 19.1. The van der Waals surface area contributed by atoms with Gasteiger partial charge in [0.1, 0.15) is 11.6 Å². The van der Waals surface area contributed by atoms with Crippen molar-refractivity contribution in [2.45, 2.75) is 33.2 Å². The van der Waals surface area contributed by atoms with E-state index in [1.807, 2.05) is 0 Å². The van der Waals surface area contributed by atoms with Gasteiger partial charge in [0.05, 0.1) is 17.4 Å². The van der Waals surface area contributed by atoms with Gasteiger partial charge in [-0.25, -0.2) is 23.9 Å². The quantitative estimate of drug-likeness (QED) is 0.922. The summed E-state index contributed by atoms with van der Waals surface area (Å²) < 4.78 is 15.3. The number of aryl methyl sites for hydroxylation is 1. The van der Waals surface area contributed by atoms with Crippen LogP contribution < -0.4 is 5.01 Å². The predicted octanol–water partition coefficient (Wildman–Crippen LogP) is 3.41. The molecule has 0 aliphatic carbocycles. The van der Waals surface area contributed by atoms with Crippen LogP contribution in [0.4, 0.5) is 9.18 Å². The Labute approximate surface area is 122 Å². The van der Waals surface area contributed by atoms with Crippen molar-refractivity contribution in [3.63, 3.8) is 0 Å². The van der Waals surface area contributed by atoms with Crippen LogP contribution in [-0.4, -0.2) is 26.4 Å². The lowest BCUT2D eigenvalue weighted by atomic mass is 10.1. The molecule has 21 heavy (non-hydrogen) atoms. The summed E-state index contributed by atoms with van der Waals surface area (Å²) in [6.45, 7) is 7.03. The topological polar surface area (TPSA) is 58.4 Å². The second-order valence-corrected chi connectivity index (χ2v) is 5.76. The number of amides is 1. The first-order chi connectivity index (χ1) is 9.71. The molecule has 0 radical (unpaired) electrons. The van der Waals surface area contributed by atoms with E-state index in [1.54, 1.807) is 45.9 Å². The maximum atomic E-state index is 13.8. The highest BCUT2D eigenvalue weighted by molar-refractivity contribution is 5.78. The summed E-state index contributed by atoms with van der Waals surface area (Å²) in [7, 11) is 0. The van der Waals surface area contributed by atoms with Gasteiger partial charge in [0.15, 0.2) is 0 Å². The Morgan fingerprint density at radius 3 is 2.48 bits per heavy atom. The first-order valence-electron chi connectivity index (χ1n) is 6.56. The van der Waals surface area contributed by atoms with Crippen LogP contribution in [0.3, 0.4) is 0 Å². The van der Waals surface area contributed by atoms with E-state index < -0.39 is 11.6 Å². The molecule has 6 heteroatoms. The van der Waals surface area contributed by atoms with E-state index in [1.165, 1.54) is 21.9 Å². The van der Waals surface area contributed by atoms with Crippen LogP contribution in [0.15, 0.2) is 30.5 Å². The van der Waals surface area contributed by atoms with Crippen molar-refractivity contribution in [3.8, 4) is 11.3 Å². The van der Waals surface area contributed by atoms with Crippen LogP contribution in [0.2, 0.25) is 0 Å². The van der Waals surface area contributed by atoms with Gasteiger partial charge in [-0.1, -0.05) is 12.1 Å². The molecule has 0 saturated heterocycles. The third-order valence-electron chi connectivity index (χ3n) is 3.04. The molecule has 0 unspecified atom stereocenters. The fourth-order valence-corrected chi connectivity index (χ4v) is 2.17. The molecule has 1 N–H and O–H groups in total. The molecule has 112 valence electrons. The van der Waals surface area contributed by atoms with Gasteiger partial charge in [0.25, 0.3) is 0 Å². The van der Waals surface area contributed by atoms with Crippen molar-refractivity contribution >= 4 is 6.09 Å².